The Morgan fingerprint density at radius 2 is 2.18 bits per heavy atom. The van der Waals surface area contributed by atoms with Gasteiger partial charge in [0.25, 0.3) is 10.2 Å². The van der Waals surface area contributed by atoms with Crippen molar-refractivity contribution >= 4 is 32.6 Å². The molecule has 2 heterocycles. The third kappa shape index (κ3) is 4.63. The van der Waals surface area contributed by atoms with Crippen LogP contribution < -0.4 is 10.5 Å². The normalized spacial score (nSPS) is 17.6. The van der Waals surface area contributed by atoms with E-state index in [1.54, 1.807) is 0 Å². The van der Waals surface area contributed by atoms with E-state index in [0.29, 0.717) is 37.4 Å². The maximum Gasteiger partial charge on any atom is 0.306 e. The van der Waals surface area contributed by atoms with Crippen LogP contribution in [0.1, 0.15) is 25.0 Å². The minimum atomic E-state index is -3.53. The predicted octanol–water partition coefficient (Wildman–Crippen LogP) is 0.289. The average molecular weight is 348 g/mol. The Balaban J connectivity index is 1.73. The number of nitrogens with two attached hydrogens (primary N) is 1. The van der Waals surface area contributed by atoms with Crippen molar-refractivity contribution < 1.29 is 18.3 Å². The standard InChI is InChI=1S/C12H20N4O4S2/c13-12-15-10(8-21-12)2-1-5-14-22(19,20)16-6-3-9(4-7-16)11(17)18/h8-9,14H,1-7H2,(H2,13,15)(H,17,18). The molecule has 0 bridgehead atoms. The van der Waals surface area contributed by atoms with Gasteiger partial charge in [0.05, 0.1) is 11.6 Å². The summed E-state index contributed by atoms with van der Waals surface area (Å²) in [6.45, 7) is 0.808. The first-order valence-electron chi connectivity index (χ1n) is 7.06. The van der Waals surface area contributed by atoms with Crippen LogP contribution in [0.2, 0.25) is 0 Å². The van der Waals surface area contributed by atoms with Crippen LogP contribution in [-0.2, 0) is 21.4 Å². The summed E-state index contributed by atoms with van der Waals surface area (Å²) in [6, 6.07) is 0. The maximum absolute atomic E-state index is 12.1. The number of anilines is 1. The predicted molar refractivity (Wildman–Crippen MR) is 83.7 cm³/mol. The molecule has 0 spiro atoms. The van der Waals surface area contributed by atoms with Crippen LogP contribution in [0.15, 0.2) is 5.38 Å². The van der Waals surface area contributed by atoms with Crippen molar-refractivity contribution in [3.05, 3.63) is 11.1 Å². The lowest BCUT2D eigenvalue weighted by Gasteiger charge is -2.29. The molecule has 1 fully saturated rings. The molecule has 1 aromatic heterocycles. The van der Waals surface area contributed by atoms with Gasteiger partial charge in [-0.2, -0.15) is 12.7 Å². The molecule has 1 aliphatic rings. The first kappa shape index (κ1) is 17.1. The molecule has 1 aromatic rings. The monoisotopic (exact) mass is 348 g/mol. The maximum atomic E-state index is 12.1. The molecule has 1 saturated heterocycles. The summed E-state index contributed by atoms with van der Waals surface area (Å²) in [5, 5.41) is 11.3. The van der Waals surface area contributed by atoms with Crippen molar-refractivity contribution in [1.82, 2.24) is 14.0 Å². The second kappa shape index (κ2) is 7.36. The van der Waals surface area contributed by atoms with Crippen LogP contribution in [0.3, 0.4) is 0 Å². The Labute approximate surface area is 133 Å². The number of hydrogen-bond donors (Lipinski definition) is 3. The van der Waals surface area contributed by atoms with Gasteiger partial charge >= 0.3 is 5.97 Å². The molecule has 0 atom stereocenters. The van der Waals surface area contributed by atoms with Gasteiger partial charge in [-0.15, -0.1) is 11.3 Å². The Bertz CT molecular complexity index is 608. The number of aryl methyl sites for hydroxylation is 1. The van der Waals surface area contributed by atoms with Gasteiger partial charge in [0.2, 0.25) is 0 Å². The number of carboxylic acid groups (broad SMARTS) is 1. The highest BCUT2D eigenvalue weighted by atomic mass is 32.2. The second-order valence-corrected chi connectivity index (χ2v) is 7.84. The van der Waals surface area contributed by atoms with Gasteiger partial charge in [-0.1, -0.05) is 0 Å². The largest absolute Gasteiger partial charge is 0.481 e. The van der Waals surface area contributed by atoms with Gasteiger partial charge in [-0.3, -0.25) is 4.79 Å². The fraction of sp³-hybridized carbons (Fsp3) is 0.667. The van der Waals surface area contributed by atoms with E-state index in [9.17, 15) is 13.2 Å². The lowest BCUT2D eigenvalue weighted by Crippen LogP contribution is -2.46. The van der Waals surface area contributed by atoms with Gasteiger partial charge in [0, 0.05) is 25.0 Å². The minimum Gasteiger partial charge on any atom is -0.481 e. The molecule has 0 amide bonds. The number of aromatic nitrogens is 1. The quantitative estimate of drug-likeness (QED) is 0.608. The highest BCUT2D eigenvalue weighted by Crippen LogP contribution is 2.19. The molecule has 0 saturated carbocycles. The summed E-state index contributed by atoms with van der Waals surface area (Å²) >= 11 is 1.37. The fourth-order valence-corrected chi connectivity index (χ4v) is 4.22. The summed E-state index contributed by atoms with van der Waals surface area (Å²) in [6.07, 6.45) is 2.01. The Morgan fingerprint density at radius 1 is 1.50 bits per heavy atom. The van der Waals surface area contributed by atoms with Gasteiger partial charge in [0.1, 0.15) is 0 Å². The second-order valence-electron chi connectivity index (χ2n) is 5.19. The van der Waals surface area contributed by atoms with E-state index in [1.165, 1.54) is 15.6 Å². The SMILES string of the molecule is Nc1nc(CCCNS(=O)(=O)N2CCC(C(=O)O)CC2)cs1. The van der Waals surface area contributed by atoms with E-state index >= 15 is 0 Å². The lowest BCUT2D eigenvalue weighted by atomic mass is 9.99. The zero-order valence-corrected chi connectivity index (χ0v) is 13.7. The number of carboxylic acids is 1. The van der Waals surface area contributed by atoms with Crippen LogP contribution in [0.4, 0.5) is 5.13 Å². The first-order chi connectivity index (χ1) is 10.4. The summed E-state index contributed by atoms with van der Waals surface area (Å²) in [5.74, 6) is -1.30. The van der Waals surface area contributed by atoms with Crippen molar-refractivity contribution in [2.24, 2.45) is 5.92 Å². The topological polar surface area (TPSA) is 126 Å². The third-order valence-corrected chi connectivity index (χ3v) is 5.94. The van der Waals surface area contributed by atoms with Crippen LogP contribution in [0.5, 0.6) is 0 Å². The molecule has 0 aliphatic carbocycles. The molecule has 1 aliphatic heterocycles. The Morgan fingerprint density at radius 3 is 2.73 bits per heavy atom. The molecule has 0 unspecified atom stereocenters. The smallest absolute Gasteiger partial charge is 0.306 e. The number of aliphatic carboxylic acids is 1. The third-order valence-electron chi connectivity index (χ3n) is 3.61. The number of nitrogens with zero attached hydrogens (tertiary/aromatic N) is 2. The summed E-state index contributed by atoms with van der Waals surface area (Å²) < 4.78 is 28.1. The van der Waals surface area contributed by atoms with E-state index in [1.807, 2.05) is 5.38 Å². The Hall–Kier alpha value is -1.23. The van der Waals surface area contributed by atoms with Gasteiger partial charge in [-0.25, -0.2) is 9.71 Å². The number of nitrogens with one attached hydrogen (secondary N) is 1. The Kier molecular flexibility index (Phi) is 5.73. The number of hydrogen-bond acceptors (Lipinski definition) is 6. The molecule has 0 aromatic carbocycles. The van der Waals surface area contributed by atoms with Crippen LogP contribution in [0, 0.1) is 5.92 Å². The molecule has 2 rings (SSSR count). The molecule has 22 heavy (non-hydrogen) atoms. The highest BCUT2D eigenvalue weighted by molar-refractivity contribution is 7.87. The highest BCUT2D eigenvalue weighted by Gasteiger charge is 2.30. The molecular weight excluding hydrogens is 328 g/mol. The molecule has 4 N–H and O–H groups in total. The number of nitrogen functional groups attached to an aromatic ring is 1. The summed E-state index contributed by atoms with van der Waals surface area (Å²) in [4.78, 5) is 15.0. The number of rotatable bonds is 7. The molecule has 124 valence electrons. The number of thiazole rings is 1. The van der Waals surface area contributed by atoms with Crippen LogP contribution in [-0.4, -0.2) is 48.4 Å². The summed E-state index contributed by atoms with van der Waals surface area (Å²) in [7, 11) is -3.53. The van der Waals surface area contributed by atoms with Gasteiger partial charge in [-0.05, 0) is 25.7 Å². The van der Waals surface area contributed by atoms with Crippen molar-refractivity contribution in [3.8, 4) is 0 Å². The van der Waals surface area contributed by atoms with Crippen LogP contribution in [0.25, 0.3) is 0 Å². The zero-order chi connectivity index (χ0) is 16.2. The first-order valence-corrected chi connectivity index (χ1v) is 9.38. The average Bonchev–Trinajstić information content (AvgIpc) is 2.89. The van der Waals surface area contributed by atoms with Crippen LogP contribution >= 0.6 is 11.3 Å². The van der Waals surface area contributed by atoms with Crippen molar-refractivity contribution in [1.29, 1.82) is 0 Å². The zero-order valence-electron chi connectivity index (χ0n) is 12.1. The van der Waals surface area contributed by atoms with Crippen molar-refractivity contribution in [2.45, 2.75) is 25.7 Å². The molecule has 10 heteroatoms. The van der Waals surface area contributed by atoms with E-state index in [0.717, 1.165) is 5.69 Å². The van der Waals surface area contributed by atoms with Gasteiger partial charge < -0.3 is 10.8 Å². The summed E-state index contributed by atoms with van der Waals surface area (Å²) in [5.41, 5.74) is 6.39. The lowest BCUT2D eigenvalue weighted by molar-refractivity contribution is -0.142. The van der Waals surface area contributed by atoms with E-state index in [4.69, 9.17) is 10.8 Å². The van der Waals surface area contributed by atoms with E-state index in [-0.39, 0.29) is 13.1 Å². The molecule has 0 radical (unpaired) electrons. The number of carbonyl (C=O) groups is 1. The van der Waals surface area contributed by atoms with E-state index in [2.05, 4.69) is 9.71 Å². The molecule has 8 nitrogen and oxygen atoms in total. The van der Waals surface area contributed by atoms with Gasteiger partial charge in [0.15, 0.2) is 5.13 Å². The molecular formula is C12H20N4O4S2. The van der Waals surface area contributed by atoms with Crippen molar-refractivity contribution in [2.75, 3.05) is 25.4 Å². The number of piperidine rings is 1. The fourth-order valence-electron chi connectivity index (χ4n) is 2.34. The van der Waals surface area contributed by atoms with Crippen molar-refractivity contribution in [3.63, 3.8) is 0 Å². The van der Waals surface area contributed by atoms with E-state index < -0.39 is 22.1 Å². The minimum absolute atomic E-state index is 0.245.